The molecule has 2 amide bonds. The number of ether oxygens (including phenoxy) is 1. The summed E-state index contributed by atoms with van der Waals surface area (Å²) in [5, 5.41) is 26.0. The van der Waals surface area contributed by atoms with Crippen LogP contribution in [0.15, 0.2) is 12.7 Å². The molecular weight excluding hydrogens is 784 g/mol. The number of fused-ring (bicyclic) bond motifs is 1. The van der Waals surface area contributed by atoms with Gasteiger partial charge in [0.2, 0.25) is 11.8 Å². The topological polar surface area (TPSA) is 418 Å². The molecule has 2 aromatic rings. The zero-order valence-electron chi connectivity index (χ0n) is 29.1. The van der Waals surface area contributed by atoms with E-state index in [9.17, 15) is 53.1 Å². The minimum Gasteiger partial charge on any atom is -0.756 e. The summed E-state index contributed by atoms with van der Waals surface area (Å²) in [5.41, 5.74) is 4.15. The van der Waals surface area contributed by atoms with Crippen LogP contribution in [0.3, 0.4) is 0 Å². The Morgan fingerprint density at radius 2 is 1.68 bits per heavy atom. The molecule has 11 N–H and O–H groups in total. The second-order valence-corrected chi connectivity index (χ2v) is 15.3. The van der Waals surface area contributed by atoms with Gasteiger partial charge in [0.25, 0.3) is 23.5 Å². The van der Waals surface area contributed by atoms with Gasteiger partial charge < -0.3 is 75.4 Å². The average molecular weight is 821 g/mol. The van der Waals surface area contributed by atoms with Crippen LogP contribution in [0.2, 0.25) is 0 Å². The Bertz CT molecular complexity index is 1610. The van der Waals surface area contributed by atoms with Gasteiger partial charge in [-0.05, 0) is 0 Å². The molecule has 2 aromatic heterocycles. The molecule has 1 aliphatic heterocycles. The van der Waals surface area contributed by atoms with Crippen LogP contribution in [0.5, 0.6) is 0 Å². The van der Waals surface area contributed by atoms with Crippen LogP contribution < -0.4 is 87.6 Å². The van der Waals surface area contributed by atoms with E-state index in [1.54, 1.807) is 0 Å². The molecule has 3 rings (SSSR count). The second kappa shape index (κ2) is 23.7. The number of hydrogen-bond donors (Lipinski definition) is 7. The van der Waals surface area contributed by atoms with E-state index in [4.69, 9.17) is 10.5 Å². The summed E-state index contributed by atoms with van der Waals surface area (Å²) in [4.78, 5) is 81.0. The first-order valence-electron chi connectivity index (χ1n) is 13.6. The number of amides is 2. The fraction of sp³-hybridized carbons (Fsp3) is 0.667. The van der Waals surface area contributed by atoms with E-state index in [2.05, 4.69) is 56.1 Å². The minimum absolute atomic E-state index is 0. The first-order valence-corrected chi connectivity index (χ1v) is 18.7. The van der Waals surface area contributed by atoms with Crippen molar-refractivity contribution in [1.29, 1.82) is 0 Å². The first-order chi connectivity index (χ1) is 22.2. The molecule has 0 aromatic carbocycles. The van der Waals surface area contributed by atoms with Gasteiger partial charge in [0.05, 0.1) is 19.5 Å². The Hall–Kier alpha value is -0.398. The van der Waals surface area contributed by atoms with Crippen LogP contribution in [0, 0.1) is 5.41 Å². The van der Waals surface area contributed by atoms with E-state index in [0.29, 0.717) is 12.3 Å². The van der Waals surface area contributed by atoms with Crippen molar-refractivity contribution in [2.45, 2.75) is 50.9 Å². The molecule has 8 atom stereocenters. The molecule has 0 saturated carbocycles. The molecular formula is C21H37Li3N7O18P3S. The first kappa shape index (κ1) is 56.9. The number of thiol groups is 1. The zero-order valence-corrected chi connectivity index (χ0v) is 32.7. The van der Waals surface area contributed by atoms with Crippen molar-refractivity contribution in [2.75, 3.05) is 37.8 Å². The number of aliphatic hydroxyl groups is 2. The monoisotopic (exact) mass is 821 g/mol. The molecule has 0 radical (unpaired) electrons. The third-order valence-corrected chi connectivity index (χ3v) is 9.74. The fourth-order valence-electron chi connectivity index (χ4n) is 4.12. The number of imidazole rings is 1. The average Bonchev–Trinajstić information content (AvgIpc) is 3.54. The fourth-order valence-corrected chi connectivity index (χ4v) is 6.97. The largest absolute Gasteiger partial charge is 1.00 e. The molecule has 1 saturated heterocycles. The summed E-state index contributed by atoms with van der Waals surface area (Å²) >= 11 is 3.94. The number of phosphoric acid groups is 3. The predicted molar refractivity (Wildman–Crippen MR) is 164 cm³/mol. The Balaban J connectivity index is -0.00000500. The van der Waals surface area contributed by atoms with Crippen LogP contribution >= 0.6 is 36.1 Å². The van der Waals surface area contributed by atoms with E-state index < -0.39 is 78.6 Å². The molecule has 25 nitrogen and oxygen atoms in total. The standard InChI is InChI=1S/C21H36N7O16P3S.3Li.2H2O/c1-21(2,16(31)19(32)24-4-3-12(29)23-5-6-48)8-41-47(38,39)44-46(36,37)40-7-11-15(43-45(33,34)35)14(30)20(42-11)28-10-27-13-17(22)25-9-26-18(13)28;;;;;/h9-11,14-16,20,30-31,48H,3-8H2,1-2H3,(H,23,29)(H,24,32)(H,36,37)(H,38,39)(H2,22,25,26)(H2,33,34,35);;;;2*1H2/q;3*+1;;/p-3. The van der Waals surface area contributed by atoms with E-state index in [0.717, 1.165) is 17.2 Å². The molecule has 0 spiro atoms. The van der Waals surface area contributed by atoms with E-state index in [-0.39, 0.29) is 103 Å². The molecule has 8 unspecified atom stereocenters. The second-order valence-electron chi connectivity index (χ2n) is 10.7. The van der Waals surface area contributed by atoms with Crippen molar-refractivity contribution in [3.05, 3.63) is 12.7 Å². The normalized spacial score (nSPS) is 22.1. The molecule has 0 aliphatic carbocycles. The summed E-state index contributed by atoms with van der Waals surface area (Å²) in [7, 11) is -17.2. The number of hydrogen-bond acceptors (Lipinski definition) is 20. The van der Waals surface area contributed by atoms with E-state index in [1.807, 2.05) is 0 Å². The molecule has 1 fully saturated rings. The third kappa shape index (κ3) is 16.9. The summed E-state index contributed by atoms with van der Waals surface area (Å²) in [6, 6.07) is 0. The van der Waals surface area contributed by atoms with Gasteiger partial charge in [-0.1, -0.05) is 13.8 Å². The molecule has 53 heavy (non-hydrogen) atoms. The van der Waals surface area contributed by atoms with Crippen LogP contribution in [-0.2, 0) is 45.9 Å². The van der Waals surface area contributed by atoms with Gasteiger partial charge in [0, 0.05) is 30.7 Å². The Kier molecular flexibility index (Phi) is 25.5. The van der Waals surface area contributed by atoms with Gasteiger partial charge in [-0.2, -0.15) is 12.6 Å². The number of carbonyl (C=O) groups is 2. The van der Waals surface area contributed by atoms with Crippen LogP contribution in [0.4, 0.5) is 5.82 Å². The quantitative estimate of drug-likeness (QED) is 0.0417. The van der Waals surface area contributed by atoms with Gasteiger partial charge >= 0.3 is 56.6 Å². The molecule has 32 heteroatoms. The molecule has 3 heterocycles. The van der Waals surface area contributed by atoms with Crippen molar-refractivity contribution in [3.63, 3.8) is 0 Å². The minimum atomic E-state index is -5.87. The van der Waals surface area contributed by atoms with Crippen LogP contribution in [-0.4, -0.2) is 114 Å². The van der Waals surface area contributed by atoms with Gasteiger partial charge in [0.1, 0.15) is 36.3 Å². The Morgan fingerprint density at radius 1 is 1.08 bits per heavy atom. The number of nitrogens with zero attached hydrogens (tertiary/aromatic N) is 4. The van der Waals surface area contributed by atoms with Crippen molar-refractivity contribution in [3.8, 4) is 0 Å². The van der Waals surface area contributed by atoms with Crippen LogP contribution in [0.1, 0.15) is 26.5 Å². The molecule has 0 bridgehead atoms. The van der Waals surface area contributed by atoms with Crippen molar-refractivity contribution >= 4 is 64.9 Å². The van der Waals surface area contributed by atoms with E-state index >= 15 is 0 Å². The van der Waals surface area contributed by atoms with Crippen molar-refractivity contribution < 1.29 is 143 Å². The van der Waals surface area contributed by atoms with Gasteiger partial charge in [-0.15, -0.1) is 0 Å². The number of anilines is 1. The van der Waals surface area contributed by atoms with Gasteiger partial charge in [-0.25, -0.2) is 19.3 Å². The third-order valence-electron chi connectivity index (χ3n) is 6.49. The van der Waals surface area contributed by atoms with Crippen molar-refractivity contribution in [1.82, 2.24) is 30.2 Å². The number of carbonyl (C=O) groups excluding carboxylic acids is 2. The number of aliphatic hydroxyl groups excluding tert-OH is 2. The number of aromatic nitrogens is 4. The number of rotatable bonds is 18. The number of nitrogens with one attached hydrogen (secondary N) is 2. The summed E-state index contributed by atoms with van der Waals surface area (Å²) in [6.45, 7) is 0.374. The zero-order chi connectivity index (χ0) is 36.1. The SMILES string of the molecule is CC(C)(COP(=O)([O-])OP(=O)([O-])OCC1OC(n2cnc3c(N)ncnc32)C(O)C1OP(=O)([O-])O)C(O)C(=O)NCCC(=O)NCCS.O.O.[Li+].[Li+].[Li+]. The molecule has 1 aliphatic rings. The summed E-state index contributed by atoms with van der Waals surface area (Å²) < 4.78 is 60.4. The summed E-state index contributed by atoms with van der Waals surface area (Å²) in [6.07, 6.45) is -7.21. The number of nitrogen functional groups attached to an aromatic ring is 1. The molecule has 288 valence electrons. The number of nitrogens with two attached hydrogens (primary N) is 1. The smallest absolute Gasteiger partial charge is 0.756 e. The predicted octanol–water partition coefficient (Wildman–Crippen LogP) is -14.2. The maximum Gasteiger partial charge on any atom is 1.00 e. The Morgan fingerprint density at radius 3 is 2.26 bits per heavy atom. The Labute approximate surface area is 343 Å². The van der Waals surface area contributed by atoms with Crippen LogP contribution in [0.25, 0.3) is 11.2 Å². The number of phosphoric ester groups is 3. The maximum absolute atomic E-state index is 12.4. The summed E-state index contributed by atoms with van der Waals surface area (Å²) in [5.74, 6) is -1.03. The van der Waals surface area contributed by atoms with Gasteiger partial charge in [0.15, 0.2) is 17.7 Å². The maximum atomic E-state index is 12.4. The van der Waals surface area contributed by atoms with Crippen molar-refractivity contribution in [2.24, 2.45) is 5.41 Å². The van der Waals surface area contributed by atoms with E-state index in [1.165, 1.54) is 13.8 Å². The van der Waals surface area contributed by atoms with Gasteiger partial charge in [-0.3, -0.25) is 27.9 Å².